The number of hydrogen-bond acceptors (Lipinski definition) is 4. The zero-order chi connectivity index (χ0) is 10.8. The minimum Gasteiger partial charge on any atom is -0.308 e. The fourth-order valence-electron chi connectivity index (χ4n) is 1.68. The lowest BCUT2D eigenvalue weighted by atomic mass is 10.3. The van der Waals surface area contributed by atoms with Crippen LogP contribution in [0.15, 0.2) is 0 Å². The predicted octanol–water partition coefficient (Wildman–Crippen LogP) is -0.333. The van der Waals surface area contributed by atoms with Crippen molar-refractivity contribution in [1.82, 2.24) is 9.80 Å². The van der Waals surface area contributed by atoms with Crippen molar-refractivity contribution < 1.29 is 8.42 Å². The van der Waals surface area contributed by atoms with Gasteiger partial charge in [-0.15, -0.1) is 0 Å². The van der Waals surface area contributed by atoms with Crippen LogP contribution in [0.2, 0.25) is 0 Å². The molecule has 1 fully saturated rings. The molecule has 1 rings (SSSR count). The minimum absolute atomic E-state index is 0.268. The van der Waals surface area contributed by atoms with Gasteiger partial charge in [-0.1, -0.05) is 6.92 Å². The molecule has 84 valence electrons. The molecule has 0 aromatic heterocycles. The second-order valence-electron chi connectivity index (χ2n) is 4.16. The Labute approximate surface area is 86.8 Å². The summed E-state index contributed by atoms with van der Waals surface area (Å²) in [5.41, 5.74) is 0. The first kappa shape index (κ1) is 11.9. The molecule has 0 N–H and O–H groups in total. The molecule has 0 bridgehead atoms. The molecule has 0 radical (unpaired) electrons. The van der Waals surface area contributed by atoms with E-state index in [4.69, 9.17) is 0 Å². The summed E-state index contributed by atoms with van der Waals surface area (Å²) in [7, 11) is 1.39. The Morgan fingerprint density at radius 1 is 1.21 bits per heavy atom. The molecule has 4 nitrogen and oxygen atoms in total. The Kier molecular flexibility index (Phi) is 3.92. The summed E-state index contributed by atoms with van der Waals surface area (Å²) in [6.07, 6.45) is 0. The first-order chi connectivity index (χ1) is 6.44. The molecule has 14 heavy (non-hydrogen) atoms. The van der Waals surface area contributed by atoms with E-state index in [2.05, 4.69) is 16.7 Å². The van der Waals surface area contributed by atoms with Crippen molar-refractivity contribution >= 4 is 9.84 Å². The van der Waals surface area contributed by atoms with Gasteiger partial charge in [0, 0.05) is 19.1 Å². The third-order valence-electron chi connectivity index (χ3n) is 2.65. The molecule has 0 unspecified atom stereocenters. The van der Waals surface area contributed by atoms with Crippen LogP contribution in [0.25, 0.3) is 0 Å². The van der Waals surface area contributed by atoms with Crippen LogP contribution >= 0.6 is 0 Å². The van der Waals surface area contributed by atoms with Gasteiger partial charge in [-0.05, 0) is 20.6 Å². The Bertz CT molecular complexity index is 263. The van der Waals surface area contributed by atoms with E-state index in [1.165, 1.54) is 0 Å². The highest BCUT2D eigenvalue weighted by Crippen LogP contribution is 2.16. The highest BCUT2D eigenvalue weighted by molar-refractivity contribution is 7.92. The van der Waals surface area contributed by atoms with Crippen molar-refractivity contribution in [3.63, 3.8) is 0 Å². The molecule has 0 aromatic carbocycles. The Morgan fingerprint density at radius 2 is 1.79 bits per heavy atom. The van der Waals surface area contributed by atoms with E-state index in [0.717, 1.165) is 19.6 Å². The average molecular weight is 220 g/mol. The SMILES string of the molecule is CCN(CCN(C)C)C1CS(=O)(=O)C1. The number of sulfone groups is 1. The normalized spacial score (nSPS) is 21.5. The van der Waals surface area contributed by atoms with Gasteiger partial charge in [0.05, 0.1) is 11.5 Å². The molecule has 1 saturated heterocycles. The molecule has 0 saturated carbocycles. The fraction of sp³-hybridized carbons (Fsp3) is 1.00. The summed E-state index contributed by atoms with van der Waals surface area (Å²) in [5.74, 6) is 0.711. The molecule has 1 heterocycles. The van der Waals surface area contributed by atoms with Crippen LogP contribution in [-0.2, 0) is 9.84 Å². The second-order valence-corrected chi connectivity index (χ2v) is 6.32. The molecule has 0 atom stereocenters. The van der Waals surface area contributed by atoms with E-state index in [1.54, 1.807) is 0 Å². The maximum Gasteiger partial charge on any atom is 0.153 e. The third kappa shape index (κ3) is 3.22. The summed E-state index contributed by atoms with van der Waals surface area (Å²) >= 11 is 0. The largest absolute Gasteiger partial charge is 0.308 e. The molecule has 5 heteroatoms. The van der Waals surface area contributed by atoms with Crippen molar-refractivity contribution in [1.29, 1.82) is 0 Å². The minimum atomic E-state index is -2.68. The smallest absolute Gasteiger partial charge is 0.153 e. The van der Waals surface area contributed by atoms with Crippen LogP contribution in [0.3, 0.4) is 0 Å². The van der Waals surface area contributed by atoms with Gasteiger partial charge in [0.1, 0.15) is 0 Å². The monoisotopic (exact) mass is 220 g/mol. The Morgan fingerprint density at radius 3 is 2.14 bits per heavy atom. The summed E-state index contributed by atoms with van der Waals surface area (Å²) in [4.78, 5) is 4.37. The number of hydrogen-bond donors (Lipinski definition) is 0. The van der Waals surface area contributed by atoms with E-state index in [9.17, 15) is 8.42 Å². The highest BCUT2D eigenvalue weighted by Gasteiger charge is 2.36. The van der Waals surface area contributed by atoms with Crippen molar-refractivity contribution in [2.45, 2.75) is 13.0 Å². The molecule has 0 aromatic rings. The molecule has 0 spiro atoms. The van der Waals surface area contributed by atoms with E-state index >= 15 is 0 Å². The Balaban J connectivity index is 2.33. The zero-order valence-corrected chi connectivity index (χ0v) is 10.0. The van der Waals surface area contributed by atoms with Gasteiger partial charge in [0.2, 0.25) is 0 Å². The number of nitrogens with zero attached hydrogens (tertiary/aromatic N) is 2. The lowest BCUT2D eigenvalue weighted by Crippen LogP contribution is -2.54. The maximum atomic E-state index is 11.0. The van der Waals surface area contributed by atoms with E-state index < -0.39 is 9.84 Å². The van der Waals surface area contributed by atoms with Crippen LogP contribution < -0.4 is 0 Å². The summed E-state index contributed by atoms with van der Waals surface area (Å²) in [6.45, 7) is 4.97. The van der Waals surface area contributed by atoms with Gasteiger partial charge in [0.15, 0.2) is 9.84 Å². The van der Waals surface area contributed by atoms with Crippen LogP contribution in [0.4, 0.5) is 0 Å². The fourth-order valence-corrected chi connectivity index (χ4v) is 3.17. The van der Waals surface area contributed by atoms with Gasteiger partial charge in [-0.25, -0.2) is 8.42 Å². The van der Waals surface area contributed by atoms with Gasteiger partial charge < -0.3 is 4.90 Å². The van der Waals surface area contributed by atoms with Crippen LogP contribution in [-0.4, -0.2) is 69.5 Å². The summed E-state index contributed by atoms with van der Waals surface area (Å²) < 4.78 is 22.0. The zero-order valence-electron chi connectivity index (χ0n) is 9.23. The standard InChI is InChI=1S/C9H20N2O2S/c1-4-11(6-5-10(2)3)9-7-14(12,13)8-9/h9H,4-8H2,1-3H3. The topological polar surface area (TPSA) is 40.6 Å². The lowest BCUT2D eigenvalue weighted by Gasteiger charge is -2.36. The van der Waals surface area contributed by atoms with Gasteiger partial charge in [0.25, 0.3) is 0 Å². The van der Waals surface area contributed by atoms with Gasteiger partial charge in [-0.2, -0.15) is 0 Å². The summed E-state index contributed by atoms with van der Waals surface area (Å²) in [5, 5.41) is 0. The van der Waals surface area contributed by atoms with Crippen molar-refractivity contribution in [2.24, 2.45) is 0 Å². The van der Waals surface area contributed by atoms with E-state index in [-0.39, 0.29) is 6.04 Å². The van der Waals surface area contributed by atoms with Crippen LogP contribution in [0, 0.1) is 0 Å². The highest BCUT2D eigenvalue weighted by atomic mass is 32.2. The quantitative estimate of drug-likeness (QED) is 0.636. The van der Waals surface area contributed by atoms with Crippen LogP contribution in [0.5, 0.6) is 0 Å². The first-order valence-electron chi connectivity index (χ1n) is 5.04. The average Bonchev–Trinajstić information content (AvgIpc) is 2.01. The second kappa shape index (κ2) is 4.59. The van der Waals surface area contributed by atoms with Crippen molar-refractivity contribution in [3.8, 4) is 0 Å². The van der Waals surface area contributed by atoms with Crippen molar-refractivity contribution in [3.05, 3.63) is 0 Å². The molecule has 1 aliphatic rings. The Hall–Kier alpha value is -0.130. The molecule has 0 amide bonds. The third-order valence-corrected chi connectivity index (χ3v) is 4.43. The number of rotatable bonds is 5. The molecule has 1 aliphatic heterocycles. The van der Waals surface area contributed by atoms with E-state index in [1.807, 2.05) is 14.1 Å². The maximum absolute atomic E-state index is 11.0. The summed E-state index contributed by atoms with van der Waals surface area (Å²) in [6, 6.07) is 0.268. The van der Waals surface area contributed by atoms with Gasteiger partial charge >= 0.3 is 0 Å². The molecular weight excluding hydrogens is 200 g/mol. The molecular formula is C9H20N2O2S. The lowest BCUT2D eigenvalue weighted by molar-refractivity contribution is 0.202. The van der Waals surface area contributed by atoms with Gasteiger partial charge in [-0.3, -0.25) is 4.90 Å². The van der Waals surface area contributed by atoms with Crippen LogP contribution in [0.1, 0.15) is 6.92 Å². The first-order valence-corrected chi connectivity index (χ1v) is 6.86. The molecule has 0 aliphatic carbocycles. The predicted molar refractivity (Wildman–Crippen MR) is 58.2 cm³/mol. The number of likely N-dealkylation sites (N-methyl/N-ethyl adjacent to an activating group) is 2. The van der Waals surface area contributed by atoms with Crippen molar-refractivity contribution in [2.75, 3.05) is 45.2 Å². The van der Waals surface area contributed by atoms with E-state index in [0.29, 0.717) is 11.5 Å².